The van der Waals surface area contributed by atoms with Gasteiger partial charge in [0.15, 0.2) is 0 Å². The predicted molar refractivity (Wildman–Crippen MR) is 82.1 cm³/mol. The van der Waals surface area contributed by atoms with E-state index in [1.807, 2.05) is 36.4 Å². The van der Waals surface area contributed by atoms with E-state index in [0.29, 0.717) is 20.7 Å². The van der Waals surface area contributed by atoms with Crippen molar-refractivity contribution in [2.75, 3.05) is 5.32 Å². The minimum Gasteiger partial charge on any atom is -0.389 e. The SMILES string of the molecule is NC(=S)c1ccccc1Nc1cccc(Cl)c1Cl. The van der Waals surface area contributed by atoms with Gasteiger partial charge in [-0.05, 0) is 24.3 Å². The number of halogens is 2. The van der Waals surface area contributed by atoms with Crippen LogP contribution >= 0.6 is 35.4 Å². The van der Waals surface area contributed by atoms with Gasteiger partial charge < -0.3 is 11.1 Å². The molecule has 5 heteroatoms. The molecule has 92 valence electrons. The summed E-state index contributed by atoms with van der Waals surface area (Å²) in [7, 11) is 0. The highest BCUT2D eigenvalue weighted by Crippen LogP contribution is 2.32. The molecule has 0 bridgehead atoms. The fraction of sp³-hybridized carbons (Fsp3) is 0. The number of thiocarbonyl (C=S) groups is 1. The fourth-order valence-corrected chi connectivity index (χ4v) is 2.08. The van der Waals surface area contributed by atoms with E-state index in [-0.39, 0.29) is 0 Å². The Hall–Kier alpha value is -1.29. The predicted octanol–water partition coefficient (Wildman–Crippen LogP) is 4.37. The van der Waals surface area contributed by atoms with Gasteiger partial charge in [0, 0.05) is 11.3 Å². The molecule has 0 heterocycles. The van der Waals surface area contributed by atoms with Crippen LogP contribution in [-0.2, 0) is 0 Å². The van der Waals surface area contributed by atoms with E-state index in [1.165, 1.54) is 0 Å². The molecule has 18 heavy (non-hydrogen) atoms. The van der Waals surface area contributed by atoms with Crippen molar-refractivity contribution in [2.24, 2.45) is 5.73 Å². The first-order chi connectivity index (χ1) is 8.59. The van der Waals surface area contributed by atoms with Crippen LogP contribution in [0.1, 0.15) is 5.56 Å². The molecule has 0 aromatic heterocycles. The van der Waals surface area contributed by atoms with Crippen LogP contribution in [0.2, 0.25) is 10.0 Å². The molecule has 2 rings (SSSR count). The molecule has 0 radical (unpaired) electrons. The molecule has 0 spiro atoms. The molecule has 2 aromatic carbocycles. The third kappa shape index (κ3) is 2.75. The van der Waals surface area contributed by atoms with Crippen LogP contribution in [0, 0.1) is 0 Å². The normalized spacial score (nSPS) is 10.1. The van der Waals surface area contributed by atoms with Gasteiger partial charge in [-0.3, -0.25) is 0 Å². The average Bonchev–Trinajstić information content (AvgIpc) is 2.35. The summed E-state index contributed by atoms with van der Waals surface area (Å²) >= 11 is 17.1. The second-order valence-electron chi connectivity index (χ2n) is 3.64. The van der Waals surface area contributed by atoms with Crippen LogP contribution in [0.5, 0.6) is 0 Å². The van der Waals surface area contributed by atoms with E-state index in [1.54, 1.807) is 6.07 Å². The Morgan fingerprint density at radius 1 is 1.00 bits per heavy atom. The molecule has 0 aliphatic heterocycles. The molecule has 0 unspecified atom stereocenters. The molecule has 0 amide bonds. The average molecular weight is 297 g/mol. The zero-order valence-corrected chi connectivity index (χ0v) is 11.6. The van der Waals surface area contributed by atoms with Crippen molar-refractivity contribution < 1.29 is 0 Å². The van der Waals surface area contributed by atoms with Crippen LogP contribution in [0.15, 0.2) is 42.5 Å². The number of hydrogen-bond donors (Lipinski definition) is 2. The topological polar surface area (TPSA) is 38.0 Å². The van der Waals surface area contributed by atoms with Crippen molar-refractivity contribution in [3.8, 4) is 0 Å². The van der Waals surface area contributed by atoms with Gasteiger partial charge in [0.2, 0.25) is 0 Å². The number of hydrogen-bond acceptors (Lipinski definition) is 2. The second kappa shape index (κ2) is 5.57. The lowest BCUT2D eigenvalue weighted by molar-refractivity contribution is 1.52. The Balaban J connectivity index is 2.40. The highest BCUT2D eigenvalue weighted by molar-refractivity contribution is 7.80. The third-order valence-corrected chi connectivity index (χ3v) is 3.45. The van der Waals surface area contributed by atoms with Crippen molar-refractivity contribution in [1.82, 2.24) is 0 Å². The summed E-state index contributed by atoms with van der Waals surface area (Å²) in [5.74, 6) is 0. The van der Waals surface area contributed by atoms with Crippen molar-refractivity contribution in [3.63, 3.8) is 0 Å². The van der Waals surface area contributed by atoms with E-state index in [9.17, 15) is 0 Å². The molecule has 0 aliphatic rings. The summed E-state index contributed by atoms with van der Waals surface area (Å²) < 4.78 is 0. The summed E-state index contributed by atoms with van der Waals surface area (Å²) in [5, 5.41) is 4.14. The van der Waals surface area contributed by atoms with Crippen molar-refractivity contribution >= 4 is 51.8 Å². The molecule has 0 fully saturated rings. The highest BCUT2D eigenvalue weighted by atomic mass is 35.5. The number of para-hydroxylation sites is 1. The molecular weight excluding hydrogens is 287 g/mol. The Morgan fingerprint density at radius 3 is 2.39 bits per heavy atom. The number of nitrogens with two attached hydrogens (primary N) is 1. The van der Waals surface area contributed by atoms with Gasteiger partial charge in [-0.2, -0.15) is 0 Å². The largest absolute Gasteiger partial charge is 0.389 e. The molecule has 2 nitrogen and oxygen atoms in total. The van der Waals surface area contributed by atoms with E-state index >= 15 is 0 Å². The summed E-state index contributed by atoms with van der Waals surface area (Å²) in [4.78, 5) is 0.330. The molecule has 3 N–H and O–H groups in total. The van der Waals surface area contributed by atoms with Gasteiger partial charge in [-0.15, -0.1) is 0 Å². The second-order valence-corrected chi connectivity index (χ2v) is 4.86. The summed E-state index contributed by atoms with van der Waals surface area (Å²) in [6.07, 6.45) is 0. The van der Waals surface area contributed by atoms with E-state index in [4.69, 9.17) is 41.2 Å². The zero-order chi connectivity index (χ0) is 13.1. The summed E-state index contributed by atoms with van der Waals surface area (Å²) in [6.45, 7) is 0. The highest BCUT2D eigenvalue weighted by Gasteiger charge is 2.08. The lowest BCUT2D eigenvalue weighted by Gasteiger charge is -2.12. The standard InChI is InChI=1S/C13H10Cl2N2S/c14-9-5-3-7-11(12(9)15)17-10-6-2-1-4-8(10)13(16)18/h1-7,17H,(H2,16,18). The van der Waals surface area contributed by atoms with Crippen LogP contribution < -0.4 is 11.1 Å². The number of rotatable bonds is 3. The summed E-state index contributed by atoms with van der Waals surface area (Å²) in [6, 6.07) is 12.9. The van der Waals surface area contributed by atoms with Crippen molar-refractivity contribution in [1.29, 1.82) is 0 Å². The number of nitrogens with one attached hydrogen (secondary N) is 1. The van der Waals surface area contributed by atoms with Crippen LogP contribution in [0.3, 0.4) is 0 Å². The minimum atomic E-state index is 0.330. The van der Waals surface area contributed by atoms with Gasteiger partial charge in [0.05, 0.1) is 15.7 Å². The smallest absolute Gasteiger partial charge is 0.106 e. The molecule has 0 atom stereocenters. The first kappa shape index (κ1) is 13.1. The maximum atomic E-state index is 6.12. The quantitative estimate of drug-likeness (QED) is 0.826. The lowest BCUT2D eigenvalue weighted by atomic mass is 10.1. The molecular formula is C13H10Cl2N2S. The van der Waals surface area contributed by atoms with Crippen LogP contribution in [0.25, 0.3) is 0 Å². The van der Waals surface area contributed by atoms with Gasteiger partial charge in [-0.1, -0.05) is 53.6 Å². The Bertz CT molecular complexity index is 599. The van der Waals surface area contributed by atoms with Crippen molar-refractivity contribution in [2.45, 2.75) is 0 Å². The van der Waals surface area contributed by atoms with Crippen LogP contribution in [0.4, 0.5) is 11.4 Å². The van der Waals surface area contributed by atoms with Crippen molar-refractivity contribution in [3.05, 3.63) is 58.1 Å². The molecule has 0 aliphatic carbocycles. The maximum absolute atomic E-state index is 6.12. The number of anilines is 2. The molecule has 2 aromatic rings. The third-order valence-electron chi connectivity index (χ3n) is 2.41. The Labute approximate surface area is 121 Å². The van der Waals surface area contributed by atoms with E-state index < -0.39 is 0 Å². The number of benzene rings is 2. The van der Waals surface area contributed by atoms with Gasteiger partial charge in [0.25, 0.3) is 0 Å². The zero-order valence-electron chi connectivity index (χ0n) is 9.28. The first-order valence-corrected chi connectivity index (χ1v) is 6.36. The van der Waals surface area contributed by atoms with E-state index in [2.05, 4.69) is 5.32 Å². The summed E-state index contributed by atoms with van der Waals surface area (Å²) in [5.41, 5.74) is 7.95. The lowest BCUT2D eigenvalue weighted by Crippen LogP contribution is -2.11. The van der Waals surface area contributed by atoms with Gasteiger partial charge >= 0.3 is 0 Å². The van der Waals surface area contributed by atoms with Crippen LogP contribution in [-0.4, -0.2) is 4.99 Å². The van der Waals surface area contributed by atoms with Gasteiger partial charge in [0.1, 0.15) is 4.99 Å². The first-order valence-electron chi connectivity index (χ1n) is 5.19. The minimum absolute atomic E-state index is 0.330. The molecule has 0 saturated carbocycles. The Morgan fingerprint density at radius 2 is 1.67 bits per heavy atom. The maximum Gasteiger partial charge on any atom is 0.106 e. The van der Waals surface area contributed by atoms with E-state index in [0.717, 1.165) is 11.3 Å². The van der Waals surface area contributed by atoms with Gasteiger partial charge in [-0.25, -0.2) is 0 Å². The molecule has 0 saturated heterocycles. The monoisotopic (exact) mass is 296 g/mol. The Kier molecular flexibility index (Phi) is 4.07. The fourth-order valence-electron chi connectivity index (χ4n) is 1.55.